The van der Waals surface area contributed by atoms with Crippen LogP contribution in [0.1, 0.15) is 0 Å². The summed E-state index contributed by atoms with van der Waals surface area (Å²) < 4.78 is 4.12. The molecule has 0 fully saturated rings. The number of nitrogens with zero attached hydrogens (tertiary/aromatic N) is 1. The van der Waals surface area contributed by atoms with Crippen molar-refractivity contribution in [1.82, 2.24) is 10.1 Å². The van der Waals surface area contributed by atoms with E-state index in [1.165, 1.54) is 0 Å². The van der Waals surface area contributed by atoms with Crippen molar-refractivity contribution in [2.75, 3.05) is 0 Å². The van der Waals surface area contributed by atoms with Crippen molar-refractivity contribution >= 4 is 22.5 Å². The van der Waals surface area contributed by atoms with E-state index >= 15 is 0 Å². The summed E-state index contributed by atoms with van der Waals surface area (Å²) in [5.41, 5.74) is 0. The fourth-order valence-corrected chi connectivity index (χ4v) is 0.692. The van der Waals surface area contributed by atoms with E-state index in [2.05, 4.69) is 26.3 Å². The van der Waals surface area contributed by atoms with Crippen molar-refractivity contribution in [2.24, 2.45) is 0 Å². The molecule has 1 aromatic heterocycles. The van der Waals surface area contributed by atoms with Gasteiger partial charge in [0, 0.05) is 0 Å². The Kier molecular flexibility index (Phi) is 1.64. The monoisotopic (exact) mass is 150 g/mol. The van der Waals surface area contributed by atoms with E-state index in [4.69, 9.17) is 0 Å². The van der Waals surface area contributed by atoms with Gasteiger partial charge in [-0.15, -0.1) is 11.7 Å². The smallest absolute Gasteiger partial charge is 0.295 e. The third-order valence-corrected chi connectivity index (χ3v) is 1.38. The molecular weight excluding hydrogens is 148 g/mol. The standard InChI is InChI=1S/C2H2N2O2S2/c5-2-3-1(8-7)4-6-2/h7H,(H,3,4,5). The molecule has 1 heterocycles. The highest BCUT2D eigenvalue weighted by molar-refractivity contribution is 8.68. The maximum absolute atomic E-state index is 10.1. The van der Waals surface area contributed by atoms with Crippen LogP contribution in [0.25, 0.3) is 0 Å². The van der Waals surface area contributed by atoms with Crippen LogP contribution >= 0.6 is 22.5 Å². The quantitative estimate of drug-likeness (QED) is 0.446. The summed E-state index contributed by atoms with van der Waals surface area (Å²) in [4.78, 5) is 12.4. The Morgan fingerprint density at radius 2 is 2.62 bits per heavy atom. The van der Waals surface area contributed by atoms with Gasteiger partial charge in [-0.05, 0) is 16.0 Å². The van der Waals surface area contributed by atoms with Crippen LogP contribution in [0.15, 0.2) is 14.5 Å². The zero-order valence-corrected chi connectivity index (χ0v) is 5.33. The van der Waals surface area contributed by atoms with Gasteiger partial charge in [0.2, 0.25) is 5.16 Å². The number of hydrogen-bond acceptors (Lipinski definition) is 5. The molecular formula is C2H2N2O2S2. The van der Waals surface area contributed by atoms with E-state index in [9.17, 15) is 4.79 Å². The molecule has 1 rings (SSSR count). The number of aromatic amines is 1. The summed E-state index contributed by atoms with van der Waals surface area (Å²) in [6, 6.07) is 0. The lowest BCUT2D eigenvalue weighted by molar-refractivity contribution is 0.376. The fourth-order valence-electron chi connectivity index (χ4n) is 0.255. The van der Waals surface area contributed by atoms with Crippen LogP contribution < -0.4 is 5.76 Å². The van der Waals surface area contributed by atoms with Crippen LogP contribution in [-0.2, 0) is 0 Å². The van der Waals surface area contributed by atoms with Crippen molar-refractivity contribution in [2.45, 2.75) is 5.16 Å². The Labute approximate surface area is 53.5 Å². The van der Waals surface area contributed by atoms with E-state index in [0.29, 0.717) is 5.16 Å². The second kappa shape index (κ2) is 2.27. The SMILES string of the molecule is O=c1[nH]c(SS)no1. The van der Waals surface area contributed by atoms with Gasteiger partial charge in [0.05, 0.1) is 0 Å². The van der Waals surface area contributed by atoms with Crippen molar-refractivity contribution in [3.63, 3.8) is 0 Å². The van der Waals surface area contributed by atoms with E-state index in [1.54, 1.807) is 0 Å². The Bertz CT molecular complexity index is 216. The molecule has 4 nitrogen and oxygen atoms in total. The molecule has 0 atom stereocenters. The third kappa shape index (κ3) is 1.07. The normalized spacial score (nSPS) is 9.62. The minimum absolute atomic E-state index is 0.373. The maximum atomic E-state index is 10.1. The first kappa shape index (κ1) is 5.77. The average molecular weight is 150 g/mol. The van der Waals surface area contributed by atoms with Crippen LogP contribution in [0.2, 0.25) is 0 Å². The van der Waals surface area contributed by atoms with E-state index < -0.39 is 5.76 Å². The molecule has 1 N–H and O–H groups in total. The summed E-state index contributed by atoms with van der Waals surface area (Å²) in [6.07, 6.45) is 0. The molecule has 0 aliphatic carbocycles. The van der Waals surface area contributed by atoms with Crippen molar-refractivity contribution < 1.29 is 4.52 Å². The summed E-state index contributed by atoms with van der Waals surface area (Å²) in [5.74, 6) is -0.554. The summed E-state index contributed by atoms with van der Waals surface area (Å²) in [6.45, 7) is 0. The molecule has 0 unspecified atom stereocenters. The number of rotatable bonds is 1. The topological polar surface area (TPSA) is 58.9 Å². The van der Waals surface area contributed by atoms with Crippen molar-refractivity contribution in [3.8, 4) is 0 Å². The third-order valence-electron chi connectivity index (χ3n) is 0.507. The first-order valence-corrected chi connectivity index (χ1v) is 3.57. The van der Waals surface area contributed by atoms with Gasteiger partial charge in [-0.25, -0.2) is 4.79 Å². The maximum Gasteiger partial charge on any atom is 0.439 e. The molecule has 0 aliphatic rings. The first-order valence-electron chi connectivity index (χ1n) is 1.70. The van der Waals surface area contributed by atoms with Gasteiger partial charge in [-0.2, -0.15) is 0 Å². The molecule has 0 aromatic carbocycles. The second-order valence-electron chi connectivity index (χ2n) is 0.991. The molecule has 0 radical (unpaired) electrons. The molecule has 0 aliphatic heterocycles. The van der Waals surface area contributed by atoms with E-state index in [0.717, 1.165) is 10.8 Å². The van der Waals surface area contributed by atoms with Gasteiger partial charge < -0.3 is 0 Å². The summed E-state index contributed by atoms with van der Waals surface area (Å²) in [7, 11) is 1.02. The molecule has 1 aromatic rings. The molecule has 0 bridgehead atoms. The molecule has 6 heteroatoms. The van der Waals surface area contributed by atoms with Gasteiger partial charge in [-0.1, -0.05) is 0 Å². The number of hydrogen-bond donors (Lipinski definition) is 2. The fraction of sp³-hybridized carbons (Fsp3) is 0. The highest BCUT2D eigenvalue weighted by Gasteiger charge is 1.94. The molecule has 0 saturated carbocycles. The Morgan fingerprint density at radius 3 is 2.88 bits per heavy atom. The predicted octanol–water partition coefficient (Wildman–Crippen LogP) is 0.300. The molecule has 0 amide bonds. The minimum atomic E-state index is -0.554. The van der Waals surface area contributed by atoms with Crippen LogP contribution in [0.5, 0.6) is 0 Å². The highest BCUT2D eigenvalue weighted by atomic mass is 33.1. The zero-order valence-electron chi connectivity index (χ0n) is 3.62. The van der Waals surface area contributed by atoms with Gasteiger partial charge >= 0.3 is 5.76 Å². The molecule has 0 spiro atoms. The number of aromatic nitrogens is 2. The van der Waals surface area contributed by atoms with Crippen LogP contribution in [0.3, 0.4) is 0 Å². The van der Waals surface area contributed by atoms with Crippen LogP contribution in [0, 0.1) is 0 Å². The highest BCUT2D eigenvalue weighted by Crippen LogP contribution is 2.12. The minimum Gasteiger partial charge on any atom is -0.295 e. The Balaban J connectivity index is 3.01. The van der Waals surface area contributed by atoms with Crippen molar-refractivity contribution in [1.29, 1.82) is 0 Å². The number of thiol groups is 1. The van der Waals surface area contributed by atoms with Gasteiger partial charge in [0.15, 0.2) is 0 Å². The second-order valence-corrected chi connectivity index (χ2v) is 2.11. The lowest BCUT2D eigenvalue weighted by atomic mass is 11.3. The Hall–Kier alpha value is -0.360. The molecule has 0 saturated heterocycles. The van der Waals surface area contributed by atoms with Crippen LogP contribution in [0.4, 0.5) is 0 Å². The van der Waals surface area contributed by atoms with Gasteiger partial charge in [0.25, 0.3) is 0 Å². The lowest BCUT2D eigenvalue weighted by Crippen LogP contribution is -1.93. The summed E-state index contributed by atoms with van der Waals surface area (Å²) in [5, 5.41) is 3.65. The summed E-state index contributed by atoms with van der Waals surface area (Å²) >= 11 is 3.75. The zero-order chi connectivity index (χ0) is 5.98. The van der Waals surface area contributed by atoms with E-state index in [1.807, 2.05) is 0 Å². The Morgan fingerprint density at radius 1 is 1.88 bits per heavy atom. The molecule has 44 valence electrons. The first-order chi connectivity index (χ1) is 3.83. The van der Waals surface area contributed by atoms with Gasteiger partial charge in [-0.3, -0.25) is 9.51 Å². The number of nitrogens with one attached hydrogen (secondary N) is 1. The van der Waals surface area contributed by atoms with Gasteiger partial charge in [0.1, 0.15) is 0 Å². The average Bonchev–Trinajstić information content (AvgIpc) is 2.14. The lowest BCUT2D eigenvalue weighted by Gasteiger charge is -1.73. The number of H-pyrrole nitrogens is 1. The molecule has 8 heavy (non-hydrogen) atoms. The van der Waals surface area contributed by atoms with Crippen molar-refractivity contribution in [3.05, 3.63) is 10.6 Å². The predicted molar refractivity (Wildman–Crippen MR) is 32.0 cm³/mol. The van der Waals surface area contributed by atoms with Crippen LogP contribution in [-0.4, -0.2) is 10.1 Å². The van der Waals surface area contributed by atoms with E-state index in [-0.39, 0.29) is 0 Å². The largest absolute Gasteiger partial charge is 0.439 e.